The van der Waals surface area contributed by atoms with Gasteiger partial charge in [0.05, 0.1) is 23.9 Å². The van der Waals surface area contributed by atoms with Crippen LogP contribution in [-0.2, 0) is 6.42 Å². The Morgan fingerprint density at radius 3 is 2.89 bits per heavy atom. The van der Waals surface area contributed by atoms with Crippen LogP contribution in [0.3, 0.4) is 0 Å². The molecule has 1 aromatic rings. The van der Waals surface area contributed by atoms with Crippen LogP contribution < -0.4 is 5.32 Å². The smallest absolute Gasteiger partial charge is 0.224 e. The number of aliphatic hydroxyl groups is 1. The number of aromatic nitrogens is 2. The lowest BCUT2D eigenvalue weighted by Gasteiger charge is -2.17. The van der Waals surface area contributed by atoms with Crippen molar-refractivity contribution in [3.05, 3.63) is 16.5 Å². The van der Waals surface area contributed by atoms with Crippen molar-refractivity contribution in [1.82, 2.24) is 9.97 Å². The van der Waals surface area contributed by atoms with Gasteiger partial charge < -0.3 is 10.4 Å². The summed E-state index contributed by atoms with van der Waals surface area (Å²) in [6.07, 6.45) is 2.81. The van der Waals surface area contributed by atoms with E-state index in [1.54, 1.807) is 0 Å². The van der Waals surface area contributed by atoms with Crippen molar-refractivity contribution < 1.29 is 9.90 Å². The summed E-state index contributed by atoms with van der Waals surface area (Å²) in [7, 11) is 0. The van der Waals surface area contributed by atoms with E-state index in [1.165, 1.54) is 0 Å². The van der Waals surface area contributed by atoms with Gasteiger partial charge in [0.25, 0.3) is 0 Å². The maximum absolute atomic E-state index is 11.8. The Morgan fingerprint density at radius 1 is 1.44 bits per heavy atom. The highest BCUT2D eigenvalue weighted by Crippen LogP contribution is 2.28. The minimum absolute atomic E-state index is 0.00156. The molecular formula is C12H16ClN3O2. The number of aryl methyl sites for hydroxylation is 1. The van der Waals surface area contributed by atoms with Gasteiger partial charge in [-0.25, -0.2) is 9.97 Å². The molecule has 0 fully saturated rings. The molecule has 0 aromatic carbocycles. The first-order chi connectivity index (χ1) is 8.65. The minimum Gasteiger partial charge on any atom is -0.394 e. The van der Waals surface area contributed by atoms with Gasteiger partial charge in [0.1, 0.15) is 5.82 Å². The predicted molar refractivity (Wildman–Crippen MR) is 69.1 cm³/mol. The molecular weight excluding hydrogens is 254 g/mol. The highest BCUT2D eigenvalue weighted by Gasteiger charge is 2.27. The van der Waals surface area contributed by atoms with E-state index in [-0.39, 0.29) is 23.7 Å². The van der Waals surface area contributed by atoms with E-state index in [0.717, 1.165) is 12.8 Å². The monoisotopic (exact) mass is 269 g/mol. The van der Waals surface area contributed by atoms with Crippen LogP contribution in [0.4, 0.5) is 5.82 Å². The molecule has 0 radical (unpaired) electrons. The molecule has 0 aliphatic heterocycles. The van der Waals surface area contributed by atoms with E-state index in [0.29, 0.717) is 29.9 Å². The van der Waals surface area contributed by atoms with Crippen LogP contribution in [0.2, 0.25) is 5.28 Å². The van der Waals surface area contributed by atoms with E-state index in [2.05, 4.69) is 15.3 Å². The molecule has 18 heavy (non-hydrogen) atoms. The SMILES string of the molecule is CCC[C@H](CO)Nc1nc(Cl)nc2c1C(=O)CC2. The van der Waals surface area contributed by atoms with Gasteiger partial charge in [0.15, 0.2) is 5.78 Å². The molecule has 5 nitrogen and oxygen atoms in total. The Balaban J connectivity index is 2.30. The quantitative estimate of drug-likeness (QED) is 0.798. The van der Waals surface area contributed by atoms with Gasteiger partial charge in [-0.05, 0) is 24.4 Å². The lowest BCUT2D eigenvalue weighted by Crippen LogP contribution is -2.25. The Bertz CT molecular complexity index is 465. The first-order valence-corrected chi connectivity index (χ1v) is 6.50. The highest BCUT2D eigenvalue weighted by atomic mass is 35.5. The normalized spacial score (nSPS) is 15.6. The highest BCUT2D eigenvalue weighted by molar-refractivity contribution is 6.28. The summed E-state index contributed by atoms with van der Waals surface area (Å²) < 4.78 is 0. The molecule has 1 atom stereocenters. The zero-order chi connectivity index (χ0) is 13.1. The molecule has 98 valence electrons. The summed E-state index contributed by atoms with van der Waals surface area (Å²) in [4.78, 5) is 20.0. The van der Waals surface area contributed by atoms with Crippen LogP contribution >= 0.6 is 11.6 Å². The number of Topliss-reactive ketones (excluding diaryl/α,β-unsaturated/α-hetero) is 1. The molecule has 2 rings (SSSR count). The van der Waals surface area contributed by atoms with Crippen LogP contribution in [0, 0.1) is 0 Å². The summed E-state index contributed by atoms with van der Waals surface area (Å²) in [6.45, 7) is 2.03. The topological polar surface area (TPSA) is 75.1 Å². The summed E-state index contributed by atoms with van der Waals surface area (Å²) in [5, 5.41) is 12.5. The van der Waals surface area contributed by atoms with Gasteiger partial charge in [0, 0.05) is 6.42 Å². The van der Waals surface area contributed by atoms with Gasteiger partial charge in [-0.2, -0.15) is 0 Å². The van der Waals surface area contributed by atoms with E-state index in [1.807, 2.05) is 6.92 Å². The summed E-state index contributed by atoms with van der Waals surface area (Å²) in [6, 6.07) is -0.113. The molecule has 0 amide bonds. The maximum Gasteiger partial charge on any atom is 0.224 e. The molecule has 1 aromatic heterocycles. The number of hydrogen-bond donors (Lipinski definition) is 2. The predicted octanol–water partition coefficient (Wildman–Crippen LogP) is 1.83. The molecule has 2 N–H and O–H groups in total. The van der Waals surface area contributed by atoms with Crippen molar-refractivity contribution in [3.8, 4) is 0 Å². The van der Waals surface area contributed by atoms with E-state index >= 15 is 0 Å². The number of carbonyl (C=O) groups excluding carboxylic acids is 1. The number of carbonyl (C=O) groups is 1. The van der Waals surface area contributed by atoms with Gasteiger partial charge in [0.2, 0.25) is 5.28 Å². The second kappa shape index (κ2) is 5.63. The Labute approximate surface area is 111 Å². The third-order valence-corrected chi connectivity index (χ3v) is 3.19. The zero-order valence-electron chi connectivity index (χ0n) is 10.2. The van der Waals surface area contributed by atoms with Crippen molar-refractivity contribution in [2.75, 3.05) is 11.9 Å². The second-order valence-electron chi connectivity index (χ2n) is 4.40. The minimum atomic E-state index is -0.113. The molecule has 0 spiro atoms. The molecule has 0 unspecified atom stereocenters. The van der Waals surface area contributed by atoms with Crippen LogP contribution in [0.15, 0.2) is 0 Å². The van der Waals surface area contributed by atoms with Gasteiger partial charge in [-0.15, -0.1) is 0 Å². The Morgan fingerprint density at radius 2 is 2.22 bits per heavy atom. The number of ketones is 1. The average Bonchev–Trinajstić information content (AvgIpc) is 2.70. The summed E-state index contributed by atoms with van der Waals surface area (Å²) in [5.41, 5.74) is 1.24. The number of nitrogens with one attached hydrogen (secondary N) is 1. The number of halogens is 1. The second-order valence-corrected chi connectivity index (χ2v) is 4.74. The lowest BCUT2D eigenvalue weighted by atomic mass is 10.1. The Hall–Kier alpha value is -1.20. The Kier molecular flexibility index (Phi) is 4.14. The molecule has 1 heterocycles. The number of anilines is 1. The van der Waals surface area contributed by atoms with Crippen molar-refractivity contribution in [2.45, 2.75) is 38.6 Å². The fourth-order valence-electron chi connectivity index (χ4n) is 2.16. The standard InChI is InChI=1S/C12H16ClN3O2/c1-2-3-7(6-17)14-11-10-8(4-5-9(10)18)15-12(13)16-11/h7,17H,2-6H2,1H3,(H,14,15,16)/t7-/m1/s1. The van der Waals surface area contributed by atoms with Crippen LogP contribution in [0.1, 0.15) is 42.2 Å². The fourth-order valence-corrected chi connectivity index (χ4v) is 2.35. The fraction of sp³-hybridized carbons (Fsp3) is 0.583. The number of aliphatic hydroxyl groups excluding tert-OH is 1. The molecule has 1 aliphatic rings. The average molecular weight is 270 g/mol. The van der Waals surface area contributed by atoms with Crippen LogP contribution in [0.25, 0.3) is 0 Å². The van der Waals surface area contributed by atoms with Crippen LogP contribution in [-0.4, -0.2) is 33.5 Å². The number of rotatable bonds is 5. The van der Waals surface area contributed by atoms with Crippen molar-refractivity contribution in [1.29, 1.82) is 0 Å². The van der Waals surface area contributed by atoms with Gasteiger partial charge in [-0.1, -0.05) is 13.3 Å². The van der Waals surface area contributed by atoms with Gasteiger partial charge >= 0.3 is 0 Å². The first-order valence-electron chi connectivity index (χ1n) is 6.12. The lowest BCUT2D eigenvalue weighted by molar-refractivity contribution is 0.0995. The van der Waals surface area contributed by atoms with Crippen molar-refractivity contribution in [3.63, 3.8) is 0 Å². The number of hydrogen-bond acceptors (Lipinski definition) is 5. The largest absolute Gasteiger partial charge is 0.394 e. The van der Waals surface area contributed by atoms with Crippen molar-refractivity contribution in [2.24, 2.45) is 0 Å². The first kappa shape index (κ1) is 13.2. The van der Waals surface area contributed by atoms with E-state index < -0.39 is 0 Å². The molecule has 0 bridgehead atoms. The van der Waals surface area contributed by atoms with Crippen molar-refractivity contribution >= 4 is 23.2 Å². The number of nitrogens with zero attached hydrogens (tertiary/aromatic N) is 2. The maximum atomic E-state index is 11.8. The number of fused-ring (bicyclic) bond motifs is 1. The van der Waals surface area contributed by atoms with Gasteiger partial charge in [-0.3, -0.25) is 4.79 Å². The molecule has 6 heteroatoms. The molecule has 1 aliphatic carbocycles. The van der Waals surface area contributed by atoms with E-state index in [9.17, 15) is 9.90 Å². The molecule has 0 saturated carbocycles. The summed E-state index contributed by atoms with van der Waals surface area (Å²) in [5.74, 6) is 0.498. The zero-order valence-corrected chi connectivity index (χ0v) is 11.0. The third kappa shape index (κ3) is 2.62. The van der Waals surface area contributed by atoms with Crippen LogP contribution in [0.5, 0.6) is 0 Å². The summed E-state index contributed by atoms with van der Waals surface area (Å²) >= 11 is 5.84. The third-order valence-electron chi connectivity index (χ3n) is 3.02. The van der Waals surface area contributed by atoms with E-state index in [4.69, 9.17) is 11.6 Å². The molecule has 0 saturated heterocycles.